The summed E-state index contributed by atoms with van der Waals surface area (Å²) in [6, 6.07) is 1.15. The second-order valence-electron chi connectivity index (χ2n) is 3.26. The Balaban J connectivity index is 2.90. The van der Waals surface area contributed by atoms with Gasteiger partial charge in [0.1, 0.15) is 5.82 Å². The fraction of sp³-hybridized carbons (Fsp3) is 0.500. The minimum Gasteiger partial charge on any atom is -0.379 e. The van der Waals surface area contributed by atoms with Crippen LogP contribution in [0.15, 0.2) is 18.5 Å². The van der Waals surface area contributed by atoms with Crippen LogP contribution in [0, 0.1) is 5.82 Å². The summed E-state index contributed by atoms with van der Waals surface area (Å²) in [4.78, 5) is 3.78. The van der Waals surface area contributed by atoms with Crippen molar-refractivity contribution in [2.24, 2.45) is 5.84 Å². The first-order chi connectivity index (χ1) is 7.22. The number of halogens is 1. The number of hydrogen-bond acceptors (Lipinski definition) is 4. The highest BCUT2D eigenvalue weighted by Crippen LogP contribution is 2.20. The van der Waals surface area contributed by atoms with Crippen molar-refractivity contribution >= 4 is 0 Å². The van der Waals surface area contributed by atoms with Gasteiger partial charge in [-0.05, 0) is 18.1 Å². The maximum atomic E-state index is 13.0. The molecule has 1 aromatic rings. The van der Waals surface area contributed by atoms with E-state index in [0.29, 0.717) is 5.56 Å². The van der Waals surface area contributed by atoms with Gasteiger partial charge < -0.3 is 4.74 Å². The third-order valence-electron chi connectivity index (χ3n) is 2.34. The van der Waals surface area contributed by atoms with E-state index < -0.39 is 0 Å². The zero-order chi connectivity index (χ0) is 11.3. The van der Waals surface area contributed by atoms with Crippen molar-refractivity contribution in [1.82, 2.24) is 10.4 Å². The monoisotopic (exact) mass is 213 g/mol. The Labute approximate surface area is 88.6 Å². The van der Waals surface area contributed by atoms with E-state index in [2.05, 4.69) is 10.4 Å². The van der Waals surface area contributed by atoms with Crippen molar-refractivity contribution < 1.29 is 9.13 Å². The summed E-state index contributed by atoms with van der Waals surface area (Å²) < 4.78 is 18.2. The van der Waals surface area contributed by atoms with Crippen LogP contribution >= 0.6 is 0 Å². The van der Waals surface area contributed by atoms with Crippen LogP contribution in [0.2, 0.25) is 0 Å². The minimum atomic E-state index is -0.376. The summed E-state index contributed by atoms with van der Waals surface area (Å²) in [5.41, 5.74) is 3.30. The maximum absolute atomic E-state index is 13.0. The van der Waals surface area contributed by atoms with Gasteiger partial charge in [0.05, 0.1) is 18.3 Å². The Hall–Kier alpha value is -1.04. The fourth-order valence-electron chi connectivity index (χ4n) is 1.56. The van der Waals surface area contributed by atoms with E-state index in [1.807, 2.05) is 6.92 Å². The minimum absolute atomic E-state index is 0.0985. The van der Waals surface area contributed by atoms with Crippen molar-refractivity contribution in [1.29, 1.82) is 0 Å². The number of rotatable bonds is 5. The first kappa shape index (κ1) is 12.0. The van der Waals surface area contributed by atoms with E-state index in [4.69, 9.17) is 10.6 Å². The molecule has 2 atom stereocenters. The number of ether oxygens (including phenoxy) is 1. The molecule has 0 aliphatic rings. The second-order valence-corrected chi connectivity index (χ2v) is 3.26. The van der Waals surface area contributed by atoms with E-state index in [9.17, 15) is 4.39 Å². The molecule has 5 heteroatoms. The molecule has 15 heavy (non-hydrogen) atoms. The SMILES string of the molecule is CCC(OC)C(NN)c1cncc(F)c1. The normalized spacial score (nSPS) is 14.9. The van der Waals surface area contributed by atoms with Crippen LogP contribution in [0.4, 0.5) is 4.39 Å². The number of pyridine rings is 1. The van der Waals surface area contributed by atoms with E-state index >= 15 is 0 Å². The maximum Gasteiger partial charge on any atom is 0.141 e. The van der Waals surface area contributed by atoms with Gasteiger partial charge in [-0.2, -0.15) is 0 Å². The molecule has 0 saturated carbocycles. The molecule has 1 heterocycles. The lowest BCUT2D eigenvalue weighted by Gasteiger charge is -2.24. The van der Waals surface area contributed by atoms with Crippen molar-refractivity contribution in [2.75, 3.05) is 7.11 Å². The number of methoxy groups -OCH3 is 1. The molecule has 0 aromatic carbocycles. The molecule has 0 aliphatic carbocycles. The van der Waals surface area contributed by atoms with Gasteiger partial charge in [-0.1, -0.05) is 6.92 Å². The molecule has 3 N–H and O–H groups in total. The van der Waals surface area contributed by atoms with Crippen LogP contribution in [0.3, 0.4) is 0 Å². The van der Waals surface area contributed by atoms with Crippen LogP contribution in [-0.2, 0) is 4.74 Å². The summed E-state index contributed by atoms with van der Waals surface area (Å²) in [5, 5.41) is 0. The lowest BCUT2D eigenvalue weighted by atomic mass is 10.0. The molecule has 1 aromatic heterocycles. The molecule has 84 valence electrons. The van der Waals surface area contributed by atoms with Gasteiger partial charge in [-0.25, -0.2) is 4.39 Å². The lowest BCUT2D eigenvalue weighted by molar-refractivity contribution is 0.0649. The Bertz CT molecular complexity index is 304. The molecule has 0 amide bonds. The largest absolute Gasteiger partial charge is 0.379 e. The lowest BCUT2D eigenvalue weighted by Crippen LogP contribution is -2.37. The van der Waals surface area contributed by atoms with Gasteiger partial charge >= 0.3 is 0 Å². The number of nitrogens with one attached hydrogen (secondary N) is 1. The van der Waals surface area contributed by atoms with E-state index in [1.165, 1.54) is 6.07 Å². The average Bonchev–Trinajstić information content (AvgIpc) is 2.25. The Morgan fingerprint density at radius 2 is 2.33 bits per heavy atom. The van der Waals surface area contributed by atoms with Gasteiger partial charge in [-0.3, -0.25) is 16.3 Å². The highest BCUT2D eigenvalue weighted by Gasteiger charge is 2.20. The number of hydrazine groups is 1. The van der Waals surface area contributed by atoms with Gasteiger partial charge in [0.2, 0.25) is 0 Å². The fourth-order valence-corrected chi connectivity index (χ4v) is 1.56. The van der Waals surface area contributed by atoms with Crippen LogP contribution in [0.25, 0.3) is 0 Å². The molecule has 0 aliphatic heterocycles. The first-order valence-corrected chi connectivity index (χ1v) is 4.82. The highest BCUT2D eigenvalue weighted by atomic mass is 19.1. The van der Waals surface area contributed by atoms with Crippen LogP contribution in [0.5, 0.6) is 0 Å². The number of nitrogens with zero attached hydrogens (tertiary/aromatic N) is 1. The van der Waals surface area contributed by atoms with Crippen molar-refractivity contribution in [3.8, 4) is 0 Å². The van der Waals surface area contributed by atoms with Crippen LogP contribution in [0.1, 0.15) is 24.9 Å². The molecule has 4 nitrogen and oxygen atoms in total. The van der Waals surface area contributed by atoms with Crippen LogP contribution < -0.4 is 11.3 Å². The molecule has 0 bridgehead atoms. The molecular weight excluding hydrogens is 197 g/mol. The quantitative estimate of drug-likeness (QED) is 0.569. The average molecular weight is 213 g/mol. The van der Waals surface area contributed by atoms with Crippen LogP contribution in [-0.4, -0.2) is 18.2 Å². The van der Waals surface area contributed by atoms with E-state index in [1.54, 1.807) is 13.3 Å². The predicted molar refractivity (Wildman–Crippen MR) is 55.3 cm³/mol. The first-order valence-electron chi connectivity index (χ1n) is 4.82. The summed E-state index contributed by atoms with van der Waals surface area (Å²) in [6.07, 6.45) is 3.42. The Morgan fingerprint density at radius 3 is 2.80 bits per heavy atom. The van der Waals surface area contributed by atoms with Gasteiger partial charge in [0, 0.05) is 13.3 Å². The van der Waals surface area contributed by atoms with Gasteiger partial charge in [-0.15, -0.1) is 0 Å². The molecule has 0 spiro atoms. The third kappa shape index (κ3) is 2.95. The Kier molecular flexibility index (Phi) is 4.61. The predicted octanol–water partition coefficient (Wildman–Crippen LogP) is 1.15. The smallest absolute Gasteiger partial charge is 0.141 e. The molecule has 0 saturated heterocycles. The standard InChI is InChI=1S/C10H16FN3O/c1-3-9(15-2)10(14-12)7-4-8(11)6-13-5-7/h4-6,9-10,14H,3,12H2,1-2H3. The van der Waals surface area contributed by atoms with E-state index in [-0.39, 0.29) is 18.0 Å². The molecular formula is C10H16FN3O. The van der Waals surface area contributed by atoms with Crippen molar-refractivity contribution in [3.05, 3.63) is 29.8 Å². The summed E-state index contributed by atoms with van der Waals surface area (Å²) in [5.74, 6) is 5.05. The summed E-state index contributed by atoms with van der Waals surface area (Å²) in [7, 11) is 1.60. The summed E-state index contributed by atoms with van der Waals surface area (Å²) in [6.45, 7) is 1.98. The zero-order valence-corrected chi connectivity index (χ0v) is 8.90. The highest BCUT2D eigenvalue weighted by molar-refractivity contribution is 5.16. The number of aromatic nitrogens is 1. The third-order valence-corrected chi connectivity index (χ3v) is 2.34. The van der Waals surface area contributed by atoms with Gasteiger partial charge in [0.25, 0.3) is 0 Å². The molecule has 0 fully saturated rings. The number of hydrogen-bond donors (Lipinski definition) is 2. The summed E-state index contributed by atoms with van der Waals surface area (Å²) >= 11 is 0. The van der Waals surface area contributed by atoms with Gasteiger partial charge in [0.15, 0.2) is 0 Å². The molecule has 2 unspecified atom stereocenters. The number of nitrogens with two attached hydrogens (primary N) is 1. The molecule has 0 radical (unpaired) electrons. The van der Waals surface area contributed by atoms with Crippen molar-refractivity contribution in [3.63, 3.8) is 0 Å². The van der Waals surface area contributed by atoms with E-state index in [0.717, 1.165) is 12.6 Å². The second kappa shape index (κ2) is 5.75. The van der Waals surface area contributed by atoms with Crippen molar-refractivity contribution in [2.45, 2.75) is 25.5 Å². The topological polar surface area (TPSA) is 60.2 Å². The Morgan fingerprint density at radius 1 is 1.60 bits per heavy atom. The zero-order valence-electron chi connectivity index (χ0n) is 8.90. The molecule has 1 rings (SSSR count).